The van der Waals surface area contributed by atoms with E-state index < -0.39 is 0 Å². The lowest BCUT2D eigenvalue weighted by Gasteiger charge is -2.26. The van der Waals surface area contributed by atoms with E-state index in [0.717, 1.165) is 17.2 Å². The van der Waals surface area contributed by atoms with E-state index in [0.29, 0.717) is 0 Å². The third kappa shape index (κ3) is 2.56. The summed E-state index contributed by atoms with van der Waals surface area (Å²) in [6.45, 7) is 0. The van der Waals surface area contributed by atoms with Crippen molar-refractivity contribution in [3.05, 3.63) is 65.2 Å². The molecule has 0 amide bonds. The molecular weight excluding hydrogens is 246 g/mol. The highest BCUT2D eigenvalue weighted by Crippen LogP contribution is 2.37. The van der Waals surface area contributed by atoms with Crippen LogP contribution in [-0.2, 0) is 0 Å². The smallest absolute Gasteiger partial charge is 0.118 e. The molecule has 0 aromatic heterocycles. The highest BCUT2D eigenvalue weighted by molar-refractivity contribution is 5.37. The molecule has 1 aliphatic carbocycles. The van der Waals surface area contributed by atoms with Crippen molar-refractivity contribution < 1.29 is 4.74 Å². The zero-order valence-corrected chi connectivity index (χ0v) is 11.9. The molecule has 1 atom stereocenters. The first kappa shape index (κ1) is 13.2. The van der Waals surface area contributed by atoms with E-state index in [4.69, 9.17) is 10.5 Å². The third-order valence-corrected chi connectivity index (χ3v) is 4.32. The minimum atomic E-state index is -0.0686. The van der Waals surface area contributed by atoms with Crippen LogP contribution >= 0.6 is 0 Å². The number of nitrogens with two attached hydrogens (primary N) is 1. The van der Waals surface area contributed by atoms with Crippen LogP contribution in [0.1, 0.15) is 47.9 Å². The van der Waals surface area contributed by atoms with Gasteiger partial charge in [0.05, 0.1) is 13.2 Å². The summed E-state index contributed by atoms with van der Waals surface area (Å²) in [4.78, 5) is 0. The van der Waals surface area contributed by atoms with Crippen molar-refractivity contribution >= 4 is 0 Å². The lowest BCUT2D eigenvalue weighted by atomic mass is 9.79. The number of hydrogen-bond acceptors (Lipinski definition) is 2. The number of rotatable bonds is 4. The molecule has 0 radical (unpaired) electrons. The fraction of sp³-hybridized carbons (Fsp3) is 0.333. The number of hydrogen-bond donors (Lipinski definition) is 1. The summed E-state index contributed by atoms with van der Waals surface area (Å²) in [5.74, 6) is 1.61. The third-order valence-electron chi connectivity index (χ3n) is 4.32. The molecule has 0 aliphatic heterocycles. The SMILES string of the molecule is COc1ccc(C(N)c2cccc(C3CCC3)c2)cc1. The Morgan fingerprint density at radius 2 is 1.80 bits per heavy atom. The zero-order valence-electron chi connectivity index (χ0n) is 11.9. The van der Waals surface area contributed by atoms with Gasteiger partial charge in [0.25, 0.3) is 0 Å². The Morgan fingerprint density at radius 1 is 1.05 bits per heavy atom. The van der Waals surface area contributed by atoms with Crippen LogP contribution in [0.3, 0.4) is 0 Å². The normalized spacial score (nSPS) is 16.5. The summed E-state index contributed by atoms with van der Waals surface area (Å²) in [5, 5.41) is 0. The van der Waals surface area contributed by atoms with Gasteiger partial charge < -0.3 is 10.5 Å². The second-order valence-electron chi connectivity index (χ2n) is 5.55. The van der Waals surface area contributed by atoms with Crippen molar-refractivity contribution in [2.24, 2.45) is 5.73 Å². The highest BCUT2D eigenvalue weighted by atomic mass is 16.5. The molecule has 104 valence electrons. The fourth-order valence-electron chi connectivity index (χ4n) is 2.75. The fourth-order valence-corrected chi connectivity index (χ4v) is 2.75. The van der Waals surface area contributed by atoms with E-state index in [1.54, 1.807) is 7.11 Å². The Balaban J connectivity index is 1.83. The average Bonchev–Trinajstić information content (AvgIpc) is 2.45. The Hall–Kier alpha value is -1.80. The molecule has 2 N–H and O–H groups in total. The molecule has 3 rings (SSSR count). The summed E-state index contributed by atoms with van der Waals surface area (Å²) in [5.41, 5.74) is 10.2. The van der Waals surface area contributed by atoms with E-state index in [9.17, 15) is 0 Å². The summed E-state index contributed by atoms with van der Waals surface area (Å²) in [7, 11) is 1.68. The van der Waals surface area contributed by atoms with Gasteiger partial charge in [-0.3, -0.25) is 0 Å². The average molecular weight is 267 g/mol. The quantitative estimate of drug-likeness (QED) is 0.908. The van der Waals surface area contributed by atoms with E-state index in [1.165, 1.54) is 30.4 Å². The molecule has 1 fully saturated rings. The zero-order chi connectivity index (χ0) is 13.9. The largest absolute Gasteiger partial charge is 0.497 e. The molecule has 1 aliphatic rings. The first-order valence-corrected chi connectivity index (χ1v) is 7.27. The van der Waals surface area contributed by atoms with Crippen molar-refractivity contribution in [3.8, 4) is 5.75 Å². The van der Waals surface area contributed by atoms with Crippen LogP contribution < -0.4 is 10.5 Å². The maximum absolute atomic E-state index is 6.40. The lowest BCUT2D eigenvalue weighted by Crippen LogP contribution is -2.14. The Labute approximate surface area is 120 Å². The van der Waals surface area contributed by atoms with Crippen LogP contribution in [0.2, 0.25) is 0 Å². The first-order chi connectivity index (χ1) is 9.78. The van der Waals surface area contributed by atoms with Crippen LogP contribution in [-0.4, -0.2) is 7.11 Å². The molecule has 20 heavy (non-hydrogen) atoms. The van der Waals surface area contributed by atoms with Gasteiger partial charge in [0.2, 0.25) is 0 Å². The van der Waals surface area contributed by atoms with Crippen molar-refractivity contribution in [1.82, 2.24) is 0 Å². The molecule has 2 heteroatoms. The second kappa shape index (κ2) is 5.68. The Morgan fingerprint density at radius 3 is 2.40 bits per heavy atom. The molecule has 0 saturated heterocycles. The topological polar surface area (TPSA) is 35.2 Å². The molecule has 2 aromatic rings. The van der Waals surface area contributed by atoms with Gasteiger partial charge in [0, 0.05) is 0 Å². The van der Waals surface area contributed by atoms with E-state index in [2.05, 4.69) is 24.3 Å². The van der Waals surface area contributed by atoms with Gasteiger partial charge in [-0.25, -0.2) is 0 Å². The summed E-state index contributed by atoms with van der Waals surface area (Å²) >= 11 is 0. The highest BCUT2D eigenvalue weighted by Gasteiger charge is 2.20. The van der Waals surface area contributed by atoms with Gasteiger partial charge >= 0.3 is 0 Å². The minimum Gasteiger partial charge on any atom is -0.497 e. The molecular formula is C18H21NO. The summed E-state index contributed by atoms with van der Waals surface area (Å²) < 4.78 is 5.19. The molecule has 2 nitrogen and oxygen atoms in total. The van der Waals surface area contributed by atoms with Crippen molar-refractivity contribution in [2.45, 2.75) is 31.2 Å². The molecule has 0 spiro atoms. The predicted octanol–water partition coefficient (Wildman–Crippen LogP) is 4.01. The summed E-state index contributed by atoms with van der Waals surface area (Å²) in [6.07, 6.45) is 4.00. The number of ether oxygens (including phenoxy) is 1. The molecule has 0 heterocycles. The number of methoxy groups -OCH3 is 1. The van der Waals surface area contributed by atoms with Crippen LogP contribution in [0.15, 0.2) is 48.5 Å². The van der Waals surface area contributed by atoms with Gasteiger partial charge in [-0.2, -0.15) is 0 Å². The predicted molar refractivity (Wildman–Crippen MR) is 82.1 cm³/mol. The maximum atomic E-state index is 6.40. The van der Waals surface area contributed by atoms with Crippen LogP contribution in [0.5, 0.6) is 5.75 Å². The standard InChI is InChI=1S/C18H21NO/c1-20-17-10-8-14(9-11-17)18(19)16-7-3-6-15(12-16)13-4-2-5-13/h3,6-13,18H,2,4-5,19H2,1H3. The first-order valence-electron chi connectivity index (χ1n) is 7.27. The van der Waals surface area contributed by atoms with Gasteiger partial charge in [-0.15, -0.1) is 0 Å². The Bertz CT molecular complexity index is 572. The molecule has 1 saturated carbocycles. The number of benzene rings is 2. The van der Waals surface area contributed by atoms with Crippen LogP contribution in [0, 0.1) is 0 Å². The second-order valence-corrected chi connectivity index (χ2v) is 5.55. The van der Waals surface area contributed by atoms with Gasteiger partial charge in [-0.05, 0) is 47.6 Å². The summed E-state index contributed by atoms with van der Waals surface area (Å²) in [6, 6.07) is 16.7. The van der Waals surface area contributed by atoms with Gasteiger partial charge in [0.1, 0.15) is 5.75 Å². The molecule has 0 bridgehead atoms. The van der Waals surface area contributed by atoms with Crippen molar-refractivity contribution in [2.75, 3.05) is 7.11 Å². The van der Waals surface area contributed by atoms with Crippen molar-refractivity contribution in [3.63, 3.8) is 0 Å². The molecule has 2 aromatic carbocycles. The van der Waals surface area contributed by atoms with E-state index >= 15 is 0 Å². The van der Waals surface area contributed by atoms with Crippen molar-refractivity contribution in [1.29, 1.82) is 0 Å². The Kier molecular flexibility index (Phi) is 3.75. The van der Waals surface area contributed by atoms with Crippen LogP contribution in [0.25, 0.3) is 0 Å². The lowest BCUT2D eigenvalue weighted by molar-refractivity contribution is 0.414. The van der Waals surface area contributed by atoms with Gasteiger partial charge in [0.15, 0.2) is 0 Å². The van der Waals surface area contributed by atoms with Crippen LogP contribution in [0.4, 0.5) is 0 Å². The monoisotopic (exact) mass is 267 g/mol. The van der Waals surface area contributed by atoms with Gasteiger partial charge in [-0.1, -0.05) is 42.8 Å². The van der Waals surface area contributed by atoms with E-state index in [1.807, 2.05) is 24.3 Å². The minimum absolute atomic E-state index is 0.0686. The maximum Gasteiger partial charge on any atom is 0.118 e. The molecule has 1 unspecified atom stereocenters. The van der Waals surface area contributed by atoms with E-state index in [-0.39, 0.29) is 6.04 Å².